The lowest BCUT2D eigenvalue weighted by molar-refractivity contribution is 0.644. The molecule has 1 nitrogen and oxygen atoms in total. The summed E-state index contributed by atoms with van der Waals surface area (Å²) >= 11 is 7.20. The minimum absolute atomic E-state index is 0.509. The van der Waals surface area contributed by atoms with Crippen molar-refractivity contribution in [3.63, 3.8) is 0 Å². The molecular formula is C13H19Br2N. The van der Waals surface area contributed by atoms with Gasteiger partial charge in [-0.05, 0) is 69.8 Å². The lowest BCUT2D eigenvalue weighted by Gasteiger charge is -2.18. The number of unbranched alkanes of at least 4 members (excludes halogenated alkanes) is 1. The van der Waals surface area contributed by atoms with Crippen LogP contribution in [0.1, 0.15) is 38.7 Å². The van der Waals surface area contributed by atoms with Crippen LogP contribution in [-0.4, -0.2) is 6.04 Å². The molecule has 90 valence electrons. The summed E-state index contributed by atoms with van der Waals surface area (Å²) < 4.78 is 2.26. The fourth-order valence-electron chi connectivity index (χ4n) is 1.67. The summed E-state index contributed by atoms with van der Waals surface area (Å²) in [5.74, 6) is 0. The van der Waals surface area contributed by atoms with Crippen molar-refractivity contribution < 1.29 is 0 Å². The van der Waals surface area contributed by atoms with Crippen molar-refractivity contribution in [1.29, 1.82) is 0 Å². The van der Waals surface area contributed by atoms with Crippen LogP contribution in [0.2, 0.25) is 0 Å². The van der Waals surface area contributed by atoms with Crippen LogP contribution in [0.5, 0.6) is 0 Å². The van der Waals surface area contributed by atoms with Gasteiger partial charge in [-0.2, -0.15) is 0 Å². The van der Waals surface area contributed by atoms with Gasteiger partial charge in [0.25, 0.3) is 0 Å². The largest absolute Gasteiger partial charge is 0.381 e. The third-order valence-corrected chi connectivity index (χ3v) is 3.82. The molecule has 0 saturated heterocycles. The van der Waals surface area contributed by atoms with Crippen molar-refractivity contribution in [2.24, 2.45) is 0 Å². The summed E-state index contributed by atoms with van der Waals surface area (Å²) in [5.41, 5.74) is 2.42. The molecule has 1 rings (SSSR count). The van der Waals surface area contributed by atoms with E-state index in [2.05, 4.69) is 70.1 Å². The van der Waals surface area contributed by atoms with E-state index in [0.717, 1.165) is 14.6 Å². The van der Waals surface area contributed by atoms with Crippen LogP contribution in [0.3, 0.4) is 0 Å². The van der Waals surface area contributed by atoms with E-state index < -0.39 is 0 Å². The third-order valence-electron chi connectivity index (χ3n) is 2.57. The van der Waals surface area contributed by atoms with Gasteiger partial charge in [0.15, 0.2) is 0 Å². The summed E-state index contributed by atoms with van der Waals surface area (Å²) in [6, 6.07) is 4.79. The summed E-state index contributed by atoms with van der Waals surface area (Å²) in [6.07, 6.45) is 3.74. The number of anilines is 1. The molecule has 0 aromatic heterocycles. The van der Waals surface area contributed by atoms with Gasteiger partial charge in [-0.25, -0.2) is 0 Å². The van der Waals surface area contributed by atoms with Crippen molar-refractivity contribution >= 4 is 37.5 Å². The van der Waals surface area contributed by atoms with E-state index in [0.29, 0.717) is 6.04 Å². The van der Waals surface area contributed by atoms with Gasteiger partial charge in [-0.15, -0.1) is 0 Å². The Morgan fingerprint density at radius 1 is 1.25 bits per heavy atom. The predicted octanol–water partition coefficient (Wildman–Crippen LogP) is 5.51. The Bertz CT molecular complexity index is 327. The number of rotatable bonds is 5. The Hall–Kier alpha value is -0.0200. The molecule has 0 amide bonds. The fourth-order valence-corrected chi connectivity index (χ4v) is 3.31. The molecule has 0 aliphatic heterocycles. The van der Waals surface area contributed by atoms with Crippen molar-refractivity contribution in [2.75, 3.05) is 5.32 Å². The lowest BCUT2D eigenvalue weighted by atomic mass is 10.1. The number of nitrogens with one attached hydrogen (secondary N) is 1. The highest BCUT2D eigenvalue weighted by molar-refractivity contribution is 9.11. The van der Waals surface area contributed by atoms with Crippen molar-refractivity contribution in [2.45, 2.75) is 46.1 Å². The quantitative estimate of drug-likeness (QED) is 0.739. The average molecular weight is 349 g/mol. The molecule has 1 aromatic carbocycles. The number of hydrogen-bond donors (Lipinski definition) is 1. The van der Waals surface area contributed by atoms with Gasteiger partial charge in [-0.1, -0.05) is 19.8 Å². The van der Waals surface area contributed by atoms with Gasteiger partial charge in [0.05, 0.1) is 5.69 Å². The van der Waals surface area contributed by atoms with Crippen LogP contribution in [-0.2, 0) is 0 Å². The van der Waals surface area contributed by atoms with Crippen LogP contribution in [0.4, 0.5) is 5.69 Å². The third kappa shape index (κ3) is 4.10. The zero-order valence-corrected chi connectivity index (χ0v) is 13.3. The topological polar surface area (TPSA) is 12.0 Å². The summed E-state index contributed by atoms with van der Waals surface area (Å²) in [4.78, 5) is 0. The molecule has 0 aliphatic rings. The molecule has 1 atom stereocenters. The van der Waals surface area contributed by atoms with Crippen molar-refractivity contribution in [1.82, 2.24) is 0 Å². The SMILES string of the molecule is CCCCC(C)Nc1c(Br)cc(C)cc1Br. The van der Waals surface area contributed by atoms with Gasteiger partial charge < -0.3 is 5.32 Å². The molecule has 3 heteroatoms. The first-order valence-corrected chi connectivity index (χ1v) is 7.35. The van der Waals surface area contributed by atoms with E-state index in [1.165, 1.54) is 24.8 Å². The van der Waals surface area contributed by atoms with Gasteiger partial charge in [0, 0.05) is 15.0 Å². The second-order valence-electron chi connectivity index (χ2n) is 4.29. The van der Waals surface area contributed by atoms with Gasteiger partial charge in [0.2, 0.25) is 0 Å². The van der Waals surface area contributed by atoms with Crippen LogP contribution >= 0.6 is 31.9 Å². The second-order valence-corrected chi connectivity index (χ2v) is 6.00. The van der Waals surface area contributed by atoms with Gasteiger partial charge in [-0.3, -0.25) is 0 Å². The van der Waals surface area contributed by atoms with Crippen LogP contribution in [0, 0.1) is 6.92 Å². The average Bonchev–Trinajstić information content (AvgIpc) is 2.20. The van der Waals surface area contributed by atoms with E-state index in [4.69, 9.17) is 0 Å². The number of hydrogen-bond acceptors (Lipinski definition) is 1. The number of halogens is 2. The standard InChI is InChI=1S/C13H19Br2N/c1-4-5-6-10(3)16-13-11(14)7-9(2)8-12(13)15/h7-8,10,16H,4-6H2,1-3H3. The van der Waals surface area contributed by atoms with Crippen molar-refractivity contribution in [3.05, 3.63) is 26.6 Å². The Kier molecular flexibility index (Phi) is 5.84. The molecule has 0 aliphatic carbocycles. The molecule has 1 unspecified atom stereocenters. The molecule has 1 N–H and O–H groups in total. The predicted molar refractivity (Wildman–Crippen MR) is 79.2 cm³/mol. The molecule has 0 fully saturated rings. The minimum Gasteiger partial charge on any atom is -0.381 e. The Balaban J connectivity index is 2.73. The zero-order chi connectivity index (χ0) is 12.1. The number of aryl methyl sites for hydroxylation is 1. The van der Waals surface area contributed by atoms with E-state index in [-0.39, 0.29) is 0 Å². The molecule has 0 saturated carbocycles. The highest BCUT2D eigenvalue weighted by Gasteiger charge is 2.09. The van der Waals surface area contributed by atoms with Crippen LogP contribution < -0.4 is 5.32 Å². The van der Waals surface area contributed by atoms with Crippen LogP contribution in [0.25, 0.3) is 0 Å². The van der Waals surface area contributed by atoms with Crippen LogP contribution in [0.15, 0.2) is 21.1 Å². The maximum atomic E-state index is 3.60. The maximum Gasteiger partial charge on any atom is 0.0631 e. The van der Waals surface area contributed by atoms with E-state index in [9.17, 15) is 0 Å². The Morgan fingerprint density at radius 3 is 2.31 bits per heavy atom. The molecule has 0 radical (unpaired) electrons. The lowest BCUT2D eigenvalue weighted by Crippen LogP contribution is -2.15. The smallest absolute Gasteiger partial charge is 0.0631 e. The fraction of sp³-hybridized carbons (Fsp3) is 0.538. The molecular weight excluding hydrogens is 330 g/mol. The Labute approximate surface area is 115 Å². The summed E-state index contributed by atoms with van der Waals surface area (Å²) in [7, 11) is 0. The minimum atomic E-state index is 0.509. The molecule has 0 bridgehead atoms. The molecule has 0 heterocycles. The van der Waals surface area contributed by atoms with E-state index >= 15 is 0 Å². The first kappa shape index (κ1) is 14.0. The first-order chi connectivity index (χ1) is 7.54. The monoisotopic (exact) mass is 347 g/mol. The van der Waals surface area contributed by atoms with E-state index in [1.54, 1.807) is 0 Å². The zero-order valence-electron chi connectivity index (χ0n) is 10.1. The highest BCUT2D eigenvalue weighted by atomic mass is 79.9. The maximum absolute atomic E-state index is 3.60. The van der Waals surface area contributed by atoms with Gasteiger partial charge in [0.1, 0.15) is 0 Å². The number of benzene rings is 1. The molecule has 16 heavy (non-hydrogen) atoms. The second kappa shape index (κ2) is 6.65. The normalized spacial score (nSPS) is 12.6. The van der Waals surface area contributed by atoms with E-state index in [1.807, 2.05) is 0 Å². The molecule has 1 aromatic rings. The molecule has 0 spiro atoms. The van der Waals surface area contributed by atoms with Gasteiger partial charge >= 0.3 is 0 Å². The first-order valence-electron chi connectivity index (χ1n) is 5.76. The summed E-state index contributed by atoms with van der Waals surface area (Å²) in [5, 5.41) is 3.55. The summed E-state index contributed by atoms with van der Waals surface area (Å²) in [6.45, 7) is 6.55. The Morgan fingerprint density at radius 2 is 1.81 bits per heavy atom. The van der Waals surface area contributed by atoms with Crippen molar-refractivity contribution in [3.8, 4) is 0 Å². The highest BCUT2D eigenvalue weighted by Crippen LogP contribution is 2.33.